The number of hydrogen-bond donors (Lipinski definition) is 2. The van der Waals surface area contributed by atoms with Crippen molar-refractivity contribution in [1.82, 2.24) is 5.32 Å². The molecule has 2 rings (SSSR count). The van der Waals surface area contributed by atoms with E-state index in [1.165, 1.54) is 6.26 Å². The topological polar surface area (TPSA) is 75.6 Å². The van der Waals surface area contributed by atoms with Crippen LogP contribution in [-0.4, -0.2) is 11.1 Å². The molecule has 0 saturated carbocycles. The number of nitrogens with one attached hydrogen (secondary N) is 1. The van der Waals surface area contributed by atoms with Crippen molar-refractivity contribution in [2.75, 3.05) is 0 Å². The third kappa shape index (κ3) is 2.57. The van der Waals surface area contributed by atoms with Crippen LogP contribution >= 0.6 is 0 Å². The molecule has 17 heavy (non-hydrogen) atoms. The number of aromatic carboxylic acids is 1. The highest BCUT2D eigenvalue weighted by molar-refractivity contribution is 5.86. The molecule has 1 unspecified atom stereocenters. The summed E-state index contributed by atoms with van der Waals surface area (Å²) in [5, 5.41) is 12.0. The Morgan fingerprint density at radius 2 is 2.24 bits per heavy atom. The molecule has 2 aromatic heterocycles. The third-order valence-electron chi connectivity index (χ3n) is 2.51. The first-order valence-corrected chi connectivity index (χ1v) is 5.25. The summed E-state index contributed by atoms with van der Waals surface area (Å²) in [5.74, 6) is -0.271. The van der Waals surface area contributed by atoms with Gasteiger partial charge in [-0.15, -0.1) is 0 Å². The number of carboxylic acids is 1. The fourth-order valence-corrected chi connectivity index (χ4v) is 1.56. The average molecular weight is 235 g/mol. The Morgan fingerprint density at radius 3 is 2.88 bits per heavy atom. The van der Waals surface area contributed by atoms with Crippen LogP contribution in [0.2, 0.25) is 0 Å². The van der Waals surface area contributed by atoms with Crippen LogP contribution in [0.1, 0.15) is 34.8 Å². The van der Waals surface area contributed by atoms with Gasteiger partial charge in [0.25, 0.3) is 0 Å². The van der Waals surface area contributed by atoms with Crippen LogP contribution in [0.4, 0.5) is 0 Å². The van der Waals surface area contributed by atoms with Gasteiger partial charge in [0.2, 0.25) is 5.76 Å². The molecule has 90 valence electrons. The molecule has 2 N–H and O–H groups in total. The Balaban J connectivity index is 1.98. The average Bonchev–Trinajstić information content (AvgIpc) is 2.96. The van der Waals surface area contributed by atoms with E-state index in [2.05, 4.69) is 5.32 Å². The Hall–Kier alpha value is -2.01. The molecule has 2 aromatic rings. The standard InChI is InChI=1S/C12H13NO4/c1-8(10-3-2-5-16-10)13-7-9-4-6-17-11(9)12(14)15/h2-6,8,13H,7H2,1H3,(H,14,15). The Labute approximate surface area is 98.0 Å². The first-order valence-electron chi connectivity index (χ1n) is 5.25. The van der Waals surface area contributed by atoms with E-state index in [0.29, 0.717) is 12.1 Å². The van der Waals surface area contributed by atoms with E-state index in [9.17, 15) is 4.79 Å². The molecule has 0 aliphatic rings. The summed E-state index contributed by atoms with van der Waals surface area (Å²) >= 11 is 0. The van der Waals surface area contributed by atoms with E-state index >= 15 is 0 Å². The molecule has 0 fully saturated rings. The van der Waals surface area contributed by atoms with Crippen molar-refractivity contribution in [3.8, 4) is 0 Å². The Kier molecular flexibility index (Phi) is 3.30. The summed E-state index contributed by atoms with van der Waals surface area (Å²) in [5.41, 5.74) is 0.621. The van der Waals surface area contributed by atoms with Crippen LogP contribution in [0, 0.1) is 0 Å². The number of rotatable bonds is 5. The van der Waals surface area contributed by atoms with Crippen molar-refractivity contribution >= 4 is 5.97 Å². The van der Waals surface area contributed by atoms with E-state index < -0.39 is 5.97 Å². The van der Waals surface area contributed by atoms with Gasteiger partial charge in [-0.05, 0) is 25.1 Å². The van der Waals surface area contributed by atoms with Gasteiger partial charge in [0.15, 0.2) is 0 Å². The lowest BCUT2D eigenvalue weighted by Crippen LogP contribution is -2.18. The quantitative estimate of drug-likeness (QED) is 0.832. The molecular weight excluding hydrogens is 222 g/mol. The predicted molar refractivity (Wildman–Crippen MR) is 59.6 cm³/mol. The minimum atomic E-state index is -1.06. The lowest BCUT2D eigenvalue weighted by atomic mass is 10.2. The first kappa shape index (κ1) is 11.5. The molecule has 0 aromatic carbocycles. The first-order chi connectivity index (χ1) is 8.18. The van der Waals surface area contributed by atoms with Gasteiger partial charge >= 0.3 is 5.97 Å². The fraction of sp³-hybridized carbons (Fsp3) is 0.250. The van der Waals surface area contributed by atoms with Crippen LogP contribution in [0.15, 0.2) is 39.6 Å². The van der Waals surface area contributed by atoms with Gasteiger partial charge in [-0.2, -0.15) is 0 Å². The zero-order valence-electron chi connectivity index (χ0n) is 9.34. The molecule has 5 heteroatoms. The lowest BCUT2D eigenvalue weighted by molar-refractivity contribution is 0.0660. The second kappa shape index (κ2) is 4.88. The lowest BCUT2D eigenvalue weighted by Gasteiger charge is -2.10. The predicted octanol–water partition coefficient (Wildman–Crippen LogP) is 2.42. The zero-order valence-corrected chi connectivity index (χ0v) is 9.34. The molecule has 0 saturated heterocycles. The van der Waals surface area contributed by atoms with E-state index in [1.54, 1.807) is 12.3 Å². The van der Waals surface area contributed by atoms with E-state index in [-0.39, 0.29) is 11.8 Å². The summed E-state index contributed by atoms with van der Waals surface area (Å²) in [7, 11) is 0. The van der Waals surface area contributed by atoms with Crippen LogP contribution in [-0.2, 0) is 6.54 Å². The van der Waals surface area contributed by atoms with Crippen molar-refractivity contribution in [1.29, 1.82) is 0 Å². The normalized spacial score (nSPS) is 12.5. The van der Waals surface area contributed by atoms with Crippen molar-refractivity contribution in [3.63, 3.8) is 0 Å². The zero-order chi connectivity index (χ0) is 12.3. The monoisotopic (exact) mass is 235 g/mol. The highest BCUT2D eigenvalue weighted by Gasteiger charge is 2.15. The molecule has 0 radical (unpaired) electrons. The van der Waals surface area contributed by atoms with Gasteiger partial charge in [-0.25, -0.2) is 4.79 Å². The Morgan fingerprint density at radius 1 is 1.41 bits per heavy atom. The Bertz CT molecular complexity index is 486. The maximum absolute atomic E-state index is 10.8. The molecule has 1 atom stereocenters. The highest BCUT2D eigenvalue weighted by Crippen LogP contribution is 2.15. The maximum Gasteiger partial charge on any atom is 0.372 e. The minimum Gasteiger partial charge on any atom is -0.475 e. The molecule has 0 bridgehead atoms. The minimum absolute atomic E-state index is 0.0153. The van der Waals surface area contributed by atoms with Gasteiger partial charge in [0.05, 0.1) is 18.6 Å². The summed E-state index contributed by atoms with van der Waals surface area (Å²) in [4.78, 5) is 10.8. The SMILES string of the molecule is CC(NCc1ccoc1C(=O)O)c1ccco1. The van der Waals surface area contributed by atoms with Crippen LogP contribution in [0.3, 0.4) is 0 Å². The van der Waals surface area contributed by atoms with Gasteiger partial charge in [-0.3, -0.25) is 0 Å². The second-order valence-electron chi connectivity index (χ2n) is 3.70. The molecule has 2 heterocycles. The van der Waals surface area contributed by atoms with E-state index in [4.69, 9.17) is 13.9 Å². The number of hydrogen-bond acceptors (Lipinski definition) is 4. The van der Waals surface area contributed by atoms with Crippen LogP contribution in [0.25, 0.3) is 0 Å². The van der Waals surface area contributed by atoms with Gasteiger partial charge < -0.3 is 19.3 Å². The third-order valence-corrected chi connectivity index (χ3v) is 2.51. The van der Waals surface area contributed by atoms with E-state index in [1.807, 2.05) is 19.1 Å². The summed E-state index contributed by atoms with van der Waals surface area (Å²) in [6.07, 6.45) is 2.98. The van der Waals surface area contributed by atoms with Crippen molar-refractivity contribution < 1.29 is 18.7 Å². The van der Waals surface area contributed by atoms with Gasteiger partial charge in [0.1, 0.15) is 5.76 Å². The largest absolute Gasteiger partial charge is 0.475 e. The summed E-state index contributed by atoms with van der Waals surface area (Å²) in [6, 6.07) is 5.34. The van der Waals surface area contributed by atoms with Crippen molar-refractivity contribution in [3.05, 3.63) is 47.8 Å². The number of carbonyl (C=O) groups is 1. The summed E-state index contributed by atoms with van der Waals surface area (Å²) in [6.45, 7) is 2.36. The molecule has 5 nitrogen and oxygen atoms in total. The maximum atomic E-state index is 10.8. The van der Waals surface area contributed by atoms with Crippen molar-refractivity contribution in [2.45, 2.75) is 19.5 Å². The van der Waals surface area contributed by atoms with Crippen LogP contribution < -0.4 is 5.32 Å². The molecule has 0 aliphatic carbocycles. The van der Waals surface area contributed by atoms with Crippen molar-refractivity contribution in [2.24, 2.45) is 0 Å². The van der Waals surface area contributed by atoms with Gasteiger partial charge in [-0.1, -0.05) is 0 Å². The molecular formula is C12H13NO4. The number of carboxylic acid groups (broad SMARTS) is 1. The fourth-order valence-electron chi connectivity index (χ4n) is 1.56. The van der Waals surface area contributed by atoms with Gasteiger partial charge in [0, 0.05) is 12.1 Å². The van der Waals surface area contributed by atoms with E-state index in [0.717, 1.165) is 5.76 Å². The number of furan rings is 2. The molecule has 0 aliphatic heterocycles. The second-order valence-corrected chi connectivity index (χ2v) is 3.70. The smallest absolute Gasteiger partial charge is 0.372 e. The summed E-state index contributed by atoms with van der Waals surface area (Å²) < 4.78 is 10.1. The molecule has 0 amide bonds. The van der Waals surface area contributed by atoms with Crippen LogP contribution in [0.5, 0.6) is 0 Å². The molecule has 0 spiro atoms. The highest BCUT2D eigenvalue weighted by atomic mass is 16.4.